The summed E-state index contributed by atoms with van der Waals surface area (Å²) in [6.07, 6.45) is 8.51. The van der Waals surface area contributed by atoms with Crippen LogP contribution in [0.3, 0.4) is 0 Å². The van der Waals surface area contributed by atoms with Crippen molar-refractivity contribution in [1.29, 1.82) is 0 Å². The van der Waals surface area contributed by atoms with Crippen LogP contribution >= 0.6 is 0 Å². The molecule has 2 heterocycles. The fraction of sp³-hybridized carbons (Fsp3) is 0.562. The number of hydrogen-bond acceptors (Lipinski definition) is 6. The summed E-state index contributed by atoms with van der Waals surface area (Å²) in [5, 5.41) is 0. The van der Waals surface area contributed by atoms with Crippen LogP contribution in [0.5, 0.6) is 0 Å². The Morgan fingerprint density at radius 3 is 2.74 bits per heavy atom. The molecule has 126 valence electrons. The maximum atomic E-state index is 12.0. The summed E-state index contributed by atoms with van der Waals surface area (Å²) in [5.41, 5.74) is 6.18. The first-order valence-corrected chi connectivity index (χ1v) is 7.96. The summed E-state index contributed by atoms with van der Waals surface area (Å²) in [7, 11) is 1.82. The standard InChI is InChI=1S/C16H25N5O2/c1-20(6-2-3-7-21-8-10-23-11-9-21)15(22)5-4-14-12-18-16(17)19-13-14/h4-5,12-13H,2-3,6-11H2,1H3,(H2,17,18,19)/b5-4+. The number of hydrogen-bond donors (Lipinski definition) is 1. The number of carbonyl (C=O) groups excluding carboxylic acids is 1. The third-order valence-corrected chi connectivity index (χ3v) is 3.81. The number of anilines is 1. The summed E-state index contributed by atoms with van der Waals surface area (Å²) >= 11 is 0. The number of ether oxygens (including phenoxy) is 1. The highest BCUT2D eigenvalue weighted by molar-refractivity contribution is 5.91. The van der Waals surface area contributed by atoms with Crippen LogP contribution in [0.4, 0.5) is 5.95 Å². The van der Waals surface area contributed by atoms with Crippen LogP contribution in [0, 0.1) is 0 Å². The molecule has 0 aromatic carbocycles. The Bertz CT molecular complexity index is 512. The molecule has 0 unspecified atom stereocenters. The summed E-state index contributed by atoms with van der Waals surface area (Å²) in [4.78, 5) is 23.9. The zero-order valence-corrected chi connectivity index (χ0v) is 13.6. The molecule has 1 aliphatic rings. The quantitative estimate of drug-likeness (QED) is 0.586. The first kappa shape index (κ1) is 17.4. The van der Waals surface area contributed by atoms with Gasteiger partial charge in [0.25, 0.3) is 0 Å². The minimum Gasteiger partial charge on any atom is -0.379 e. The van der Waals surface area contributed by atoms with Crippen molar-refractivity contribution < 1.29 is 9.53 Å². The number of unbranched alkanes of at least 4 members (excludes halogenated alkanes) is 1. The van der Waals surface area contributed by atoms with Crippen molar-refractivity contribution in [1.82, 2.24) is 19.8 Å². The topological polar surface area (TPSA) is 84.6 Å². The predicted octanol–water partition coefficient (Wildman–Crippen LogP) is 0.643. The molecule has 7 nitrogen and oxygen atoms in total. The second-order valence-electron chi connectivity index (χ2n) is 5.63. The van der Waals surface area contributed by atoms with Crippen molar-refractivity contribution in [3.8, 4) is 0 Å². The highest BCUT2D eigenvalue weighted by atomic mass is 16.5. The van der Waals surface area contributed by atoms with Crippen LogP contribution in [0.15, 0.2) is 18.5 Å². The van der Waals surface area contributed by atoms with Gasteiger partial charge < -0.3 is 15.4 Å². The normalized spacial score (nSPS) is 15.9. The molecule has 0 saturated carbocycles. The molecule has 0 atom stereocenters. The molecule has 1 fully saturated rings. The lowest BCUT2D eigenvalue weighted by atomic mass is 10.2. The second-order valence-corrected chi connectivity index (χ2v) is 5.63. The SMILES string of the molecule is CN(CCCCN1CCOCC1)C(=O)/C=C/c1cnc(N)nc1. The number of amides is 1. The molecule has 23 heavy (non-hydrogen) atoms. The first-order valence-electron chi connectivity index (χ1n) is 7.96. The molecular weight excluding hydrogens is 294 g/mol. The van der Waals surface area contributed by atoms with Crippen LogP contribution in [0.25, 0.3) is 6.08 Å². The predicted molar refractivity (Wildman–Crippen MR) is 89.6 cm³/mol. The van der Waals surface area contributed by atoms with Crippen molar-refractivity contribution in [2.75, 3.05) is 52.2 Å². The molecule has 1 aromatic rings. The second kappa shape index (κ2) is 9.22. The van der Waals surface area contributed by atoms with Crippen molar-refractivity contribution in [3.05, 3.63) is 24.0 Å². The van der Waals surface area contributed by atoms with Crippen LogP contribution in [0.2, 0.25) is 0 Å². The van der Waals surface area contributed by atoms with Gasteiger partial charge in [0.05, 0.1) is 13.2 Å². The van der Waals surface area contributed by atoms with Gasteiger partial charge in [-0.15, -0.1) is 0 Å². The molecule has 7 heteroatoms. The molecule has 1 saturated heterocycles. The van der Waals surface area contributed by atoms with Crippen LogP contribution in [-0.2, 0) is 9.53 Å². The van der Waals surface area contributed by atoms with E-state index in [9.17, 15) is 4.79 Å². The lowest BCUT2D eigenvalue weighted by Gasteiger charge is -2.26. The Labute approximate surface area is 137 Å². The van der Waals surface area contributed by atoms with E-state index in [1.165, 1.54) is 6.08 Å². The fourth-order valence-electron chi connectivity index (χ4n) is 2.35. The monoisotopic (exact) mass is 319 g/mol. The van der Waals surface area contributed by atoms with Gasteiger partial charge in [0.15, 0.2) is 0 Å². The fourth-order valence-corrected chi connectivity index (χ4v) is 2.35. The molecular formula is C16H25N5O2. The molecule has 0 bridgehead atoms. The van der Waals surface area contributed by atoms with Crippen LogP contribution < -0.4 is 5.73 Å². The van der Waals surface area contributed by atoms with Gasteiger partial charge in [0.1, 0.15) is 0 Å². The Balaban J connectivity index is 1.65. The Hall–Kier alpha value is -1.99. The number of carbonyl (C=O) groups is 1. The lowest BCUT2D eigenvalue weighted by Crippen LogP contribution is -2.37. The average molecular weight is 319 g/mol. The third kappa shape index (κ3) is 6.33. The molecule has 1 amide bonds. The van der Waals surface area contributed by atoms with Gasteiger partial charge in [-0.05, 0) is 25.5 Å². The summed E-state index contributed by atoms with van der Waals surface area (Å²) in [6, 6.07) is 0. The minimum absolute atomic E-state index is 0.0202. The number of rotatable bonds is 7. The molecule has 0 spiro atoms. The minimum atomic E-state index is -0.0202. The molecule has 1 aromatic heterocycles. The zero-order valence-electron chi connectivity index (χ0n) is 13.6. The van der Waals surface area contributed by atoms with Gasteiger partial charge in [-0.25, -0.2) is 9.97 Å². The third-order valence-electron chi connectivity index (χ3n) is 3.81. The first-order chi connectivity index (χ1) is 11.1. The number of morpholine rings is 1. The molecule has 0 aliphatic carbocycles. The molecule has 1 aliphatic heterocycles. The van der Waals surface area contributed by atoms with Gasteiger partial charge in [-0.1, -0.05) is 0 Å². The highest BCUT2D eigenvalue weighted by Crippen LogP contribution is 2.03. The van der Waals surface area contributed by atoms with E-state index in [2.05, 4.69) is 14.9 Å². The van der Waals surface area contributed by atoms with E-state index in [-0.39, 0.29) is 11.9 Å². The number of likely N-dealkylation sites (N-methyl/N-ethyl adjacent to an activating group) is 1. The van der Waals surface area contributed by atoms with E-state index in [1.807, 2.05) is 7.05 Å². The zero-order chi connectivity index (χ0) is 16.5. The largest absolute Gasteiger partial charge is 0.379 e. The maximum absolute atomic E-state index is 12.0. The van der Waals surface area contributed by atoms with Gasteiger partial charge >= 0.3 is 0 Å². The summed E-state index contributed by atoms with van der Waals surface area (Å²) in [6.45, 7) is 5.52. The van der Waals surface area contributed by atoms with Gasteiger partial charge in [0.2, 0.25) is 11.9 Å². The lowest BCUT2D eigenvalue weighted by molar-refractivity contribution is -0.124. The average Bonchev–Trinajstić information content (AvgIpc) is 2.58. The highest BCUT2D eigenvalue weighted by Gasteiger charge is 2.10. The number of nitrogens with zero attached hydrogens (tertiary/aromatic N) is 4. The molecule has 2 N–H and O–H groups in total. The van der Waals surface area contributed by atoms with Gasteiger partial charge in [0, 0.05) is 50.7 Å². The van der Waals surface area contributed by atoms with Crippen molar-refractivity contribution >= 4 is 17.9 Å². The smallest absolute Gasteiger partial charge is 0.246 e. The van der Waals surface area contributed by atoms with Gasteiger partial charge in [-0.3, -0.25) is 9.69 Å². The van der Waals surface area contributed by atoms with E-state index < -0.39 is 0 Å². The van der Waals surface area contributed by atoms with Crippen LogP contribution in [0.1, 0.15) is 18.4 Å². The van der Waals surface area contributed by atoms with E-state index in [4.69, 9.17) is 10.5 Å². The van der Waals surface area contributed by atoms with E-state index >= 15 is 0 Å². The van der Waals surface area contributed by atoms with E-state index in [1.54, 1.807) is 23.4 Å². The Kier molecular flexibility index (Phi) is 6.96. The number of nitrogen functional groups attached to an aromatic ring is 1. The van der Waals surface area contributed by atoms with Crippen molar-refractivity contribution in [3.63, 3.8) is 0 Å². The van der Waals surface area contributed by atoms with Gasteiger partial charge in [-0.2, -0.15) is 0 Å². The van der Waals surface area contributed by atoms with E-state index in [0.29, 0.717) is 0 Å². The molecule has 2 rings (SSSR count). The Morgan fingerprint density at radius 2 is 2.04 bits per heavy atom. The number of aromatic nitrogens is 2. The van der Waals surface area contributed by atoms with E-state index in [0.717, 1.165) is 57.8 Å². The summed E-state index contributed by atoms with van der Waals surface area (Å²) in [5.74, 6) is 0.207. The van der Waals surface area contributed by atoms with Crippen molar-refractivity contribution in [2.24, 2.45) is 0 Å². The molecule has 0 radical (unpaired) electrons. The Morgan fingerprint density at radius 1 is 1.35 bits per heavy atom. The number of nitrogens with two attached hydrogens (primary N) is 1. The maximum Gasteiger partial charge on any atom is 0.246 e. The van der Waals surface area contributed by atoms with Crippen LogP contribution in [-0.4, -0.2) is 72.1 Å². The summed E-state index contributed by atoms with van der Waals surface area (Å²) < 4.78 is 5.33. The van der Waals surface area contributed by atoms with Crippen molar-refractivity contribution in [2.45, 2.75) is 12.8 Å².